The van der Waals surface area contributed by atoms with Crippen molar-refractivity contribution in [2.75, 3.05) is 0 Å². The average molecular weight is 286 g/mol. The summed E-state index contributed by atoms with van der Waals surface area (Å²) in [5.41, 5.74) is 0.349. The maximum atomic E-state index is 12.4. The number of aliphatic hydroxyl groups is 1. The van der Waals surface area contributed by atoms with Crippen LogP contribution in [0.5, 0.6) is 5.75 Å². The lowest BCUT2D eigenvalue weighted by atomic mass is 9.94. The van der Waals surface area contributed by atoms with Gasteiger partial charge in [0.2, 0.25) is 0 Å². The summed E-state index contributed by atoms with van der Waals surface area (Å²) in [5, 5.41) is 9.82. The first kappa shape index (κ1) is 14.8. The van der Waals surface area contributed by atoms with E-state index < -0.39 is 11.7 Å². The molecule has 0 radical (unpaired) electrons. The van der Waals surface area contributed by atoms with E-state index in [4.69, 9.17) is 4.74 Å². The number of aliphatic hydroxyl groups excluding tert-OH is 1. The van der Waals surface area contributed by atoms with Crippen LogP contribution in [0.4, 0.5) is 13.2 Å². The van der Waals surface area contributed by atoms with Crippen LogP contribution in [-0.2, 0) is 6.18 Å². The third kappa shape index (κ3) is 3.46. The first-order valence-electron chi connectivity index (χ1n) is 6.64. The van der Waals surface area contributed by atoms with Gasteiger partial charge in [0.15, 0.2) is 0 Å². The number of halogens is 3. The smallest absolute Gasteiger partial charge is 0.416 e. The van der Waals surface area contributed by atoms with Crippen LogP contribution in [0.2, 0.25) is 0 Å². The van der Waals surface area contributed by atoms with E-state index in [9.17, 15) is 18.3 Å². The zero-order chi connectivity index (χ0) is 14.8. The Morgan fingerprint density at radius 2 is 1.90 bits per heavy atom. The van der Waals surface area contributed by atoms with Gasteiger partial charge < -0.3 is 9.84 Å². The molecular weight excluding hydrogens is 269 g/mol. The number of hydrogen-bond acceptors (Lipinski definition) is 2. The quantitative estimate of drug-likeness (QED) is 0.860. The third-order valence-electron chi connectivity index (χ3n) is 3.51. The number of benzene rings is 1. The first-order chi connectivity index (χ1) is 9.40. The minimum absolute atomic E-state index is 0.179. The van der Waals surface area contributed by atoms with Crippen LogP contribution in [0.1, 0.15) is 38.2 Å². The molecule has 0 heterocycles. The molecule has 0 amide bonds. The highest BCUT2D eigenvalue weighted by molar-refractivity contribution is 5.29. The van der Waals surface area contributed by atoms with E-state index in [0.29, 0.717) is 17.9 Å². The van der Waals surface area contributed by atoms with Gasteiger partial charge in [-0.25, -0.2) is 0 Å². The van der Waals surface area contributed by atoms with Crippen LogP contribution >= 0.6 is 0 Å². The van der Waals surface area contributed by atoms with E-state index in [1.54, 1.807) is 0 Å². The van der Waals surface area contributed by atoms with Gasteiger partial charge in [-0.05, 0) is 49.1 Å². The second kappa shape index (κ2) is 5.77. The Labute approximate surface area is 115 Å². The number of ether oxygens (including phenoxy) is 1. The second-order valence-corrected chi connectivity index (χ2v) is 4.91. The minimum atomic E-state index is -4.33. The molecule has 1 atom stereocenters. The fourth-order valence-electron chi connectivity index (χ4n) is 2.34. The van der Waals surface area contributed by atoms with Crippen molar-refractivity contribution in [3.8, 4) is 5.75 Å². The average Bonchev–Trinajstić information content (AvgIpc) is 2.38. The van der Waals surface area contributed by atoms with E-state index in [-0.39, 0.29) is 6.10 Å². The van der Waals surface area contributed by atoms with E-state index in [1.807, 2.05) is 6.92 Å². The number of alkyl halides is 3. The van der Waals surface area contributed by atoms with Gasteiger partial charge in [0, 0.05) is 6.42 Å². The Morgan fingerprint density at radius 3 is 2.40 bits per heavy atom. The van der Waals surface area contributed by atoms with E-state index >= 15 is 0 Å². The minimum Gasteiger partial charge on any atom is -0.512 e. The summed E-state index contributed by atoms with van der Waals surface area (Å²) < 4.78 is 42.9. The van der Waals surface area contributed by atoms with Crippen molar-refractivity contribution in [3.05, 3.63) is 41.2 Å². The summed E-state index contributed by atoms with van der Waals surface area (Å²) >= 11 is 0. The molecule has 1 N–H and O–H groups in total. The fraction of sp³-hybridized carbons (Fsp3) is 0.467. The van der Waals surface area contributed by atoms with Crippen LogP contribution in [0, 0.1) is 0 Å². The molecule has 0 spiro atoms. The Kier molecular flexibility index (Phi) is 4.26. The predicted molar refractivity (Wildman–Crippen MR) is 69.7 cm³/mol. The summed E-state index contributed by atoms with van der Waals surface area (Å²) in [6, 6.07) is 4.65. The number of rotatable bonds is 3. The molecule has 0 saturated heterocycles. The molecule has 5 heteroatoms. The van der Waals surface area contributed by atoms with Gasteiger partial charge >= 0.3 is 6.18 Å². The molecule has 0 bridgehead atoms. The van der Waals surface area contributed by atoms with Gasteiger partial charge in [-0.1, -0.05) is 6.92 Å². The summed E-state index contributed by atoms with van der Waals surface area (Å²) in [7, 11) is 0. The normalized spacial score (nSPS) is 20.1. The van der Waals surface area contributed by atoms with Crippen LogP contribution in [0.3, 0.4) is 0 Å². The molecule has 0 fully saturated rings. The van der Waals surface area contributed by atoms with Crippen molar-refractivity contribution in [2.24, 2.45) is 0 Å². The predicted octanol–water partition coefficient (Wildman–Crippen LogP) is 4.86. The molecule has 0 saturated carbocycles. The van der Waals surface area contributed by atoms with Crippen LogP contribution in [-0.4, -0.2) is 11.2 Å². The monoisotopic (exact) mass is 286 g/mol. The van der Waals surface area contributed by atoms with Gasteiger partial charge in [0.1, 0.15) is 11.9 Å². The summed E-state index contributed by atoms with van der Waals surface area (Å²) in [4.78, 5) is 0. The lowest BCUT2D eigenvalue weighted by molar-refractivity contribution is -0.137. The van der Waals surface area contributed by atoms with Crippen molar-refractivity contribution in [1.82, 2.24) is 0 Å². The molecule has 20 heavy (non-hydrogen) atoms. The largest absolute Gasteiger partial charge is 0.512 e. The van der Waals surface area contributed by atoms with E-state index in [2.05, 4.69) is 0 Å². The zero-order valence-electron chi connectivity index (χ0n) is 11.2. The Balaban J connectivity index is 2.00. The first-order valence-corrected chi connectivity index (χ1v) is 6.64. The van der Waals surface area contributed by atoms with Crippen LogP contribution in [0.25, 0.3) is 0 Å². The highest BCUT2D eigenvalue weighted by atomic mass is 19.4. The molecule has 0 aliphatic heterocycles. The molecule has 1 aromatic rings. The van der Waals surface area contributed by atoms with Gasteiger partial charge in [0.05, 0.1) is 11.3 Å². The van der Waals surface area contributed by atoms with Gasteiger partial charge in [-0.15, -0.1) is 0 Å². The SMILES string of the molecule is CCC1=C(O)CC(Oc2ccc(C(F)(F)F)cc2)CC1. The maximum absolute atomic E-state index is 12.4. The zero-order valence-corrected chi connectivity index (χ0v) is 11.2. The highest BCUT2D eigenvalue weighted by Crippen LogP contribution is 2.32. The lowest BCUT2D eigenvalue weighted by Gasteiger charge is -2.25. The molecule has 1 unspecified atom stereocenters. The third-order valence-corrected chi connectivity index (χ3v) is 3.51. The molecule has 110 valence electrons. The maximum Gasteiger partial charge on any atom is 0.416 e. The summed E-state index contributed by atoms with van der Waals surface area (Å²) in [6.45, 7) is 1.99. The Bertz CT molecular complexity index is 489. The molecule has 0 aromatic heterocycles. The van der Waals surface area contributed by atoms with E-state index in [1.165, 1.54) is 12.1 Å². The van der Waals surface area contributed by atoms with Crippen molar-refractivity contribution in [2.45, 2.75) is 44.9 Å². The number of hydrogen-bond donors (Lipinski definition) is 1. The van der Waals surface area contributed by atoms with Crippen molar-refractivity contribution in [3.63, 3.8) is 0 Å². The fourth-order valence-corrected chi connectivity index (χ4v) is 2.34. The standard InChI is InChI=1S/C15H17F3O2/c1-2-10-3-6-13(9-14(10)19)20-12-7-4-11(5-8-12)15(16,17)18/h4-5,7-8,13,19H,2-3,6,9H2,1H3. The van der Waals surface area contributed by atoms with E-state index in [0.717, 1.165) is 37.0 Å². The Hall–Kier alpha value is -1.65. The molecule has 1 aromatic carbocycles. The van der Waals surface area contributed by atoms with Gasteiger partial charge in [0.25, 0.3) is 0 Å². The lowest BCUT2D eigenvalue weighted by Crippen LogP contribution is -2.22. The molecular formula is C15H17F3O2. The highest BCUT2D eigenvalue weighted by Gasteiger charge is 2.30. The van der Waals surface area contributed by atoms with Crippen molar-refractivity contribution < 1.29 is 23.0 Å². The number of allylic oxidation sites excluding steroid dienone is 1. The van der Waals surface area contributed by atoms with Crippen LogP contribution < -0.4 is 4.74 Å². The molecule has 1 aliphatic rings. The summed E-state index contributed by atoms with van der Waals surface area (Å²) in [6.07, 6.45) is -1.73. The second-order valence-electron chi connectivity index (χ2n) is 4.91. The van der Waals surface area contributed by atoms with Gasteiger partial charge in [-0.2, -0.15) is 13.2 Å². The molecule has 2 nitrogen and oxygen atoms in total. The van der Waals surface area contributed by atoms with Gasteiger partial charge in [-0.3, -0.25) is 0 Å². The summed E-state index contributed by atoms with van der Waals surface area (Å²) in [5.74, 6) is 0.756. The van der Waals surface area contributed by atoms with Crippen molar-refractivity contribution in [1.29, 1.82) is 0 Å². The Morgan fingerprint density at radius 1 is 1.25 bits per heavy atom. The topological polar surface area (TPSA) is 29.5 Å². The van der Waals surface area contributed by atoms with Crippen LogP contribution in [0.15, 0.2) is 35.6 Å². The van der Waals surface area contributed by atoms with Crippen molar-refractivity contribution >= 4 is 0 Å². The molecule has 2 rings (SSSR count). The molecule has 1 aliphatic carbocycles.